The highest BCUT2D eigenvalue weighted by Crippen LogP contribution is 2.41. The lowest BCUT2D eigenvalue weighted by Crippen LogP contribution is -2.23. The van der Waals surface area contributed by atoms with Crippen molar-refractivity contribution in [1.82, 2.24) is 19.9 Å². The molecule has 1 saturated carbocycles. The number of carbonyl (C=O) groups is 1. The van der Waals surface area contributed by atoms with Crippen molar-refractivity contribution in [3.8, 4) is 11.5 Å². The Morgan fingerprint density at radius 3 is 2.53 bits per heavy atom. The molecule has 0 bridgehead atoms. The molecule has 1 amide bonds. The van der Waals surface area contributed by atoms with Crippen LogP contribution in [0.15, 0.2) is 30.5 Å². The molecule has 1 N–H and O–H groups in total. The van der Waals surface area contributed by atoms with Crippen LogP contribution in [0.4, 0.5) is 13.2 Å². The fourth-order valence-electron chi connectivity index (χ4n) is 3.42. The molecule has 0 spiro atoms. The van der Waals surface area contributed by atoms with Gasteiger partial charge in [-0.2, -0.15) is 18.3 Å². The van der Waals surface area contributed by atoms with Crippen LogP contribution in [0.1, 0.15) is 59.9 Å². The predicted octanol–water partition coefficient (Wildman–Crippen LogP) is 4.35. The first kappa shape index (κ1) is 21.9. The third-order valence-corrected chi connectivity index (χ3v) is 5.08. The van der Waals surface area contributed by atoms with E-state index in [1.807, 2.05) is 13.8 Å². The molecule has 2 heterocycles. The first-order chi connectivity index (χ1) is 15.3. The monoisotopic (exact) mass is 448 g/mol. The highest BCUT2D eigenvalue weighted by Gasteiger charge is 2.37. The van der Waals surface area contributed by atoms with Crippen LogP contribution in [-0.2, 0) is 12.7 Å². The molecule has 170 valence electrons. The summed E-state index contributed by atoms with van der Waals surface area (Å²) in [6.07, 6.45) is -1.91. The molecule has 0 radical (unpaired) electrons. The molecule has 1 aliphatic rings. The molecule has 0 saturated heterocycles. The first-order valence-corrected chi connectivity index (χ1v) is 10.4. The van der Waals surface area contributed by atoms with Gasteiger partial charge in [0.15, 0.2) is 17.1 Å². The Balaban J connectivity index is 1.58. The van der Waals surface area contributed by atoms with Crippen molar-refractivity contribution in [2.24, 2.45) is 0 Å². The SMILES string of the molecule is CCOc1ccc(CNC(=O)c2cnn3c(C(F)(F)F)cc(C4CC4)nc23)cc1OCC. The number of nitrogens with one attached hydrogen (secondary N) is 1. The number of nitrogens with zero attached hydrogens (tertiary/aromatic N) is 3. The number of hydrogen-bond acceptors (Lipinski definition) is 5. The minimum Gasteiger partial charge on any atom is -0.490 e. The lowest BCUT2D eigenvalue weighted by Gasteiger charge is -2.13. The molecule has 1 aromatic carbocycles. The van der Waals surface area contributed by atoms with Crippen LogP contribution in [0, 0.1) is 0 Å². The van der Waals surface area contributed by atoms with Crippen molar-refractivity contribution < 1.29 is 27.4 Å². The first-order valence-electron chi connectivity index (χ1n) is 10.4. The van der Waals surface area contributed by atoms with Gasteiger partial charge in [-0.25, -0.2) is 9.50 Å². The van der Waals surface area contributed by atoms with Crippen molar-refractivity contribution >= 4 is 11.6 Å². The maximum absolute atomic E-state index is 13.5. The molecule has 0 aliphatic heterocycles. The minimum atomic E-state index is -4.61. The summed E-state index contributed by atoms with van der Waals surface area (Å²) in [4.78, 5) is 17.1. The standard InChI is InChI=1S/C22H23F3N4O3/c1-3-31-17-8-5-13(9-18(17)32-4-2)11-26-21(30)15-12-27-29-19(22(23,24)25)10-16(14-6-7-14)28-20(15)29/h5,8-10,12,14H,3-4,6-7,11H2,1-2H3,(H,26,30). The summed E-state index contributed by atoms with van der Waals surface area (Å²) in [5.74, 6) is 0.597. The molecule has 2 aromatic heterocycles. The second-order valence-corrected chi connectivity index (χ2v) is 7.46. The second-order valence-electron chi connectivity index (χ2n) is 7.46. The van der Waals surface area contributed by atoms with Crippen LogP contribution in [0.3, 0.4) is 0 Å². The smallest absolute Gasteiger partial charge is 0.433 e. The average Bonchev–Trinajstić information content (AvgIpc) is 3.51. The van der Waals surface area contributed by atoms with Gasteiger partial charge in [-0.05, 0) is 50.5 Å². The van der Waals surface area contributed by atoms with Crippen molar-refractivity contribution in [1.29, 1.82) is 0 Å². The van der Waals surface area contributed by atoms with Gasteiger partial charge in [0.1, 0.15) is 11.3 Å². The van der Waals surface area contributed by atoms with Crippen LogP contribution in [0.2, 0.25) is 0 Å². The van der Waals surface area contributed by atoms with Crippen LogP contribution in [0.25, 0.3) is 5.65 Å². The Kier molecular flexibility index (Phi) is 5.94. The molecule has 1 fully saturated rings. The fraction of sp³-hybridized carbons (Fsp3) is 0.409. The molecule has 3 aromatic rings. The number of ether oxygens (including phenoxy) is 2. The molecular weight excluding hydrogens is 425 g/mol. The second kappa shape index (κ2) is 8.68. The lowest BCUT2D eigenvalue weighted by atomic mass is 10.2. The van der Waals surface area contributed by atoms with E-state index in [1.165, 1.54) is 0 Å². The number of alkyl halides is 3. The summed E-state index contributed by atoms with van der Waals surface area (Å²) in [6, 6.07) is 6.32. The predicted molar refractivity (Wildman–Crippen MR) is 110 cm³/mol. The third-order valence-electron chi connectivity index (χ3n) is 5.08. The highest BCUT2D eigenvalue weighted by molar-refractivity contribution is 5.99. The quantitative estimate of drug-likeness (QED) is 0.554. The van der Waals surface area contributed by atoms with Crippen molar-refractivity contribution in [3.05, 3.63) is 53.0 Å². The van der Waals surface area contributed by atoms with Crippen molar-refractivity contribution in [2.75, 3.05) is 13.2 Å². The van der Waals surface area contributed by atoms with Crippen LogP contribution >= 0.6 is 0 Å². The van der Waals surface area contributed by atoms with Crippen LogP contribution in [-0.4, -0.2) is 33.7 Å². The van der Waals surface area contributed by atoms with Crippen LogP contribution < -0.4 is 14.8 Å². The summed E-state index contributed by atoms with van der Waals surface area (Å²) < 4.78 is 52.4. The average molecular weight is 448 g/mol. The Labute approximate surface area is 182 Å². The number of hydrogen-bond donors (Lipinski definition) is 1. The van der Waals surface area contributed by atoms with Crippen molar-refractivity contribution in [3.63, 3.8) is 0 Å². The summed E-state index contributed by atoms with van der Waals surface area (Å²) in [5, 5.41) is 6.52. The fourth-order valence-corrected chi connectivity index (χ4v) is 3.42. The third kappa shape index (κ3) is 4.49. The Bertz CT molecular complexity index is 1140. The van der Waals surface area contributed by atoms with E-state index in [4.69, 9.17) is 9.47 Å². The normalized spacial score (nSPS) is 13.9. The Morgan fingerprint density at radius 2 is 1.88 bits per heavy atom. The number of carbonyl (C=O) groups excluding carboxylic acids is 1. The van der Waals surface area contributed by atoms with Gasteiger partial charge in [-0.15, -0.1) is 0 Å². The summed E-state index contributed by atoms with van der Waals surface area (Å²) in [5.41, 5.74) is 0.0581. The summed E-state index contributed by atoms with van der Waals surface area (Å²) >= 11 is 0. The number of rotatable bonds is 8. The molecule has 7 nitrogen and oxygen atoms in total. The van der Waals surface area contributed by atoms with Gasteiger partial charge >= 0.3 is 6.18 Å². The highest BCUT2D eigenvalue weighted by atomic mass is 19.4. The van der Waals surface area contributed by atoms with E-state index in [2.05, 4.69) is 15.4 Å². The summed E-state index contributed by atoms with van der Waals surface area (Å²) in [7, 11) is 0. The van der Waals surface area contributed by atoms with Gasteiger partial charge in [-0.3, -0.25) is 4.79 Å². The number of benzene rings is 1. The van der Waals surface area contributed by atoms with E-state index in [0.717, 1.165) is 30.7 Å². The van der Waals surface area contributed by atoms with Gasteiger partial charge in [-0.1, -0.05) is 6.07 Å². The molecule has 1 aliphatic carbocycles. The van der Waals surface area contributed by atoms with Crippen LogP contribution in [0.5, 0.6) is 11.5 Å². The van der Waals surface area contributed by atoms with E-state index >= 15 is 0 Å². The van der Waals surface area contributed by atoms with Gasteiger partial charge < -0.3 is 14.8 Å². The topological polar surface area (TPSA) is 77.8 Å². The number of amides is 1. The van der Waals surface area contributed by atoms with E-state index in [0.29, 0.717) is 34.9 Å². The maximum atomic E-state index is 13.5. The van der Waals surface area contributed by atoms with E-state index in [-0.39, 0.29) is 23.7 Å². The van der Waals surface area contributed by atoms with E-state index in [1.54, 1.807) is 18.2 Å². The minimum absolute atomic E-state index is 0.00559. The van der Waals surface area contributed by atoms with Gasteiger partial charge in [0.2, 0.25) is 0 Å². The van der Waals surface area contributed by atoms with Gasteiger partial charge in [0, 0.05) is 18.2 Å². The lowest BCUT2D eigenvalue weighted by molar-refractivity contribution is -0.142. The number of halogens is 3. The molecule has 0 unspecified atom stereocenters. The molecule has 0 atom stereocenters. The molecule has 4 rings (SSSR count). The zero-order chi connectivity index (χ0) is 22.9. The maximum Gasteiger partial charge on any atom is 0.433 e. The molecule has 32 heavy (non-hydrogen) atoms. The largest absolute Gasteiger partial charge is 0.490 e. The molecular formula is C22H23F3N4O3. The van der Waals surface area contributed by atoms with E-state index in [9.17, 15) is 18.0 Å². The number of fused-ring (bicyclic) bond motifs is 1. The van der Waals surface area contributed by atoms with Crippen molar-refractivity contribution in [2.45, 2.75) is 45.3 Å². The van der Waals surface area contributed by atoms with Gasteiger partial charge in [0.05, 0.1) is 19.4 Å². The molecule has 10 heteroatoms. The Hall–Kier alpha value is -3.30. The summed E-state index contributed by atoms with van der Waals surface area (Å²) in [6.45, 7) is 4.81. The zero-order valence-corrected chi connectivity index (χ0v) is 17.7. The van der Waals surface area contributed by atoms with E-state index < -0.39 is 17.8 Å². The zero-order valence-electron chi connectivity index (χ0n) is 17.7. The Morgan fingerprint density at radius 1 is 1.16 bits per heavy atom. The number of aromatic nitrogens is 3. The van der Waals surface area contributed by atoms with Gasteiger partial charge in [0.25, 0.3) is 5.91 Å².